The fraction of sp³-hybridized carbons (Fsp3) is 0.692. The first-order chi connectivity index (χ1) is 9.74. The lowest BCUT2D eigenvalue weighted by molar-refractivity contribution is 0.0750. The number of aliphatic hydroxyl groups excluding tert-OH is 1. The highest BCUT2D eigenvalue weighted by Crippen LogP contribution is 2.16. The SMILES string of the molecule is CC(CO)Nc1cnn(COCC[Si](C)(C)C)c(=O)c1Cl. The van der Waals surface area contributed by atoms with Crippen molar-refractivity contribution in [2.24, 2.45) is 0 Å². The second-order valence-corrected chi connectivity index (χ2v) is 12.3. The van der Waals surface area contributed by atoms with Gasteiger partial charge in [-0.3, -0.25) is 4.79 Å². The number of aliphatic hydroxyl groups is 1. The zero-order chi connectivity index (χ0) is 16.0. The lowest BCUT2D eigenvalue weighted by Crippen LogP contribution is -2.28. The summed E-state index contributed by atoms with van der Waals surface area (Å²) in [6, 6.07) is 0.830. The molecule has 0 fully saturated rings. The number of ether oxygens (including phenoxy) is 1. The normalized spacial score (nSPS) is 13.2. The fourth-order valence-corrected chi connectivity index (χ4v) is 2.46. The molecule has 1 aromatic rings. The van der Waals surface area contributed by atoms with E-state index in [1.165, 1.54) is 10.9 Å². The van der Waals surface area contributed by atoms with Gasteiger partial charge >= 0.3 is 0 Å². The molecular weight excluding hydrogens is 310 g/mol. The molecule has 2 N–H and O–H groups in total. The van der Waals surface area contributed by atoms with Crippen LogP contribution >= 0.6 is 11.6 Å². The van der Waals surface area contributed by atoms with Gasteiger partial charge in [-0.25, -0.2) is 4.68 Å². The Bertz CT molecular complexity index is 516. The topological polar surface area (TPSA) is 76.4 Å². The molecule has 0 saturated carbocycles. The van der Waals surface area contributed by atoms with Gasteiger partial charge < -0.3 is 15.2 Å². The van der Waals surface area contributed by atoms with Crippen molar-refractivity contribution >= 4 is 25.4 Å². The Balaban J connectivity index is 2.65. The number of anilines is 1. The maximum absolute atomic E-state index is 12.0. The Morgan fingerprint density at radius 3 is 2.76 bits per heavy atom. The molecule has 120 valence electrons. The first-order valence-electron chi connectivity index (χ1n) is 6.95. The molecule has 21 heavy (non-hydrogen) atoms. The van der Waals surface area contributed by atoms with E-state index in [0.29, 0.717) is 12.3 Å². The van der Waals surface area contributed by atoms with E-state index in [1.54, 1.807) is 6.92 Å². The van der Waals surface area contributed by atoms with Gasteiger partial charge in [0, 0.05) is 20.7 Å². The summed E-state index contributed by atoms with van der Waals surface area (Å²) >= 11 is 6.02. The highest BCUT2D eigenvalue weighted by atomic mass is 35.5. The third kappa shape index (κ3) is 6.17. The quantitative estimate of drug-likeness (QED) is 0.562. The van der Waals surface area contributed by atoms with Gasteiger partial charge in [0.1, 0.15) is 11.8 Å². The van der Waals surface area contributed by atoms with Gasteiger partial charge in [0.15, 0.2) is 0 Å². The average molecular weight is 334 g/mol. The first kappa shape index (κ1) is 18.2. The highest BCUT2D eigenvalue weighted by Gasteiger charge is 2.13. The van der Waals surface area contributed by atoms with Crippen LogP contribution in [0.15, 0.2) is 11.0 Å². The summed E-state index contributed by atoms with van der Waals surface area (Å²) in [7, 11) is -1.14. The number of nitrogens with one attached hydrogen (secondary N) is 1. The Labute approximate surface area is 131 Å². The van der Waals surface area contributed by atoms with Crippen LogP contribution in [0.3, 0.4) is 0 Å². The summed E-state index contributed by atoms with van der Waals surface area (Å²) in [6.45, 7) is 9.23. The number of hydrogen-bond acceptors (Lipinski definition) is 5. The second kappa shape index (κ2) is 7.93. The number of hydrogen-bond donors (Lipinski definition) is 2. The van der Waals surface area contributed by atoms with Crippen LogP contribution in [0.4, 0.5) is 5.69 Å². The monoisotopic (exact) mass is 333 g/mol. The van der Waals surface area contributed by atoms with Crippen molar-refractivity contribution in [3.8, 4) is 0 Å². The van der Waals surface area contributed by atoms with Gasteiger partial charge in [0.05, 0.1) is 18.5 Å². The molecule has 0 aliphatic carbocycles. The van der Waals surface area contributed by atoms with Gasteiger partial charge in [-0.2, -0.15) is 5.10 Å². The molecule has 0 spiro atoms. The minimum atomic E-state index is -1.14. The number of halogens is 1. The Morgan fingerprint density at radius 1 is 1.52 bits per heavy atom. The Hall–Kier alpha value is -0.893. The van der Waals surface area contributed by atoms with Crippen LogP contribution in [0.1, 0.15) is 6.92 Å². The minimum absolute atomic E-state index is 0.0547. The molecule has 0 saturated heterocycles. The first-order valence-corrected chi connectivity index (χ1v) is 11.0. The maximum atomic E-state index is 12.0. The molecule has 1 atom stereocenters. The number of nitrogens with zero attached hydrogens (tertiary/aromatic N) is 2. The van der Waals surface area contributed by atoms with E-state index < -0.39 is 13.6 Å². The fourth-order valence-electron chi connectivity index (χ4n) is 1.50. The largest absolute Gasteiger partial charge is 0.394 e. The molecule has 1 heterocycles. The van der Waals surface area contributed by atoms with Crippen LogP contribution in [-0.2, 0) is 11.5 Å². The van der Waals surface area contributed by atoms with Crippen molar-refractivity contribution in [1.29, 1.82) is 0 Å². The van der Waals surface area contributed by atoms with Crippen molar-refractivity contribution in [2.45, 2.75) is 45.4 Å². The predicted octanol–water partition coefficient (Wildman–Crippen LogP) is 2.00. The molecular formula is C13H24ClN3O3Si. The number of aromatic nitrogens is 2. The zero-order valence-electron chi connectivity index (χ0n) is 13.0. The van der Waals surface area contributed by atoms with Gasteiger partial charge in [-0.15, -0.1) is 0 Å². The van der Waals surface area contributed by atoms with Crippen molar-refractivity contribution in [2.75, 3.05) is 18.5 Å². The molecule has 0 aliphatic heterocycles. The van der Waals surface area contributed by atoms with E-state index in [0.717, 1.165) is 6.04 Å². The van der Waals surface area contributed by atoms with Crippen molar-refractivity contribution < 1.29 is 9.84 Å². The summed E-state index contributed by atoms with van der Waals surface area (Å²) in [5.74, 6) is 0. The van der Waals surface area contributed by atoms with E-state index in [2.05, 4.69) is 30.1 Å². The molecule has 0 aromatic carbocycles. The van der Waals surface area contributed by atoms with Crippen molar-refractivity contribution in [3.63, 3.8) is 0 Å². The van der Waals surface area contributed by atoms with Crippen molar-refractivity contribution in [1.82, 2.24) is 9.78 Å². The summed E-state index contributed by atoms with van der Waals surface area (Å²) in [5, 5.41) is 16.0. The standard InChI is InChI=1S/C13H24ClN3O3Si/c1-10(8-18)16-11-7-15-17(13(19)12(11)14)9-20-5-6-21(2,3)4/h7,10,16,18H,5-6,8-9H2,1-4H3. The van der Waals surface area contributed by atoms with Crippen LogP contribution in [0.5, 0.6) is 0 Å². The maximum Gasteiger partial charge on any atom is 0.289 e. The van der Waals surface area contributed by atoms with Crippen molar-refractivity contribution in [3.05, 3.63) is 21.6 Å². The van der Waals surface area contributed by atoms with Crippen LogP contribution in [-0.4, -0.2) is 42.2 Å². The molecule has 1 aromatic heterocycles. The molecule has 0 bridgehead atoms. The molecule has 0 amide bonds. The minimum Gasteiger partial charge on any atom is -0.394 e. The molecule has 1 rings (SSSR count). The second-order valence-electron chi connectivity index (χ2n) is 6.25. The summed E-state index contributed by atoms with van der Waals surface area (Å²) in [6.07, 6.45) is 1.47. The van der Waals surface area contributed by atoms with E-state index in [-0.39, 0.29) is 24.4 Å². The van der Waals surface area contributed by atoms with Crippen LogP contribution in [0.25, 0.3) is 0 Å². The lowest BCUT2D eigenvalue weighted by atomic mass is 10.3. The molecule has 8 heteroatoms. The average Bonchev–Trinajstić information content (AvgIpc) is 2.40. The third-order valence-electron chi connectivity index (χ3n) is 2.87. The van der Waals surface area contributed by atoms with Gasteiger partial charge in [0.25, 0.3) is 5.56 Å². The number of rotatable bonds is 8. The zero-order valence-corrected chi connectivity index (χ0v) is 14.8. The van der Waals surface area contributed by atoms with Gasteiger partial charge in [0.2, 0.25) is 0 Å². The van der Waals surface area contributed by atoms with Crippen LogP contribution < -0.4 is 10.9 Å². The molecule has 0 radical (unpaired) electrons. The predicted molar refractivity (Wildman–Crippen MR) is 87.8 cm³/mol. The smallest absolute Gasteiger partial charge is 0.289 e. The van der Waals surface area contributed by atoms with E-state index in [9.17, 15) is 4.79 Å². The summed E-state index contributed by atoms with van der Waals surface area (Å²) in [4.78, 5) is 12.0. The van der Waals surface area contributed by atoms with E-state index in [4.69, 9.17) is 21.4 Å². The molecule has 6 nitrogen and oxygen atoms in total. The Kier molecular flexibility index (Phi) is 6.86. The highest BCUT2D eigenvalue weighted by molar-refractivity contribution is 6.76. The Morgan fingerprint density at radius 2 is 2.19 bits per heavy atom. The lowest BCUT2D eigenvalue weighted by Gasteiger charge is -2.16. The van der Waals surface area contributed by atoms with Crippen LogP contribution in [0, 0.1) is 0 Å². The van der Waals surface area contributed by atoms with Gasteiger partial charge in [-0.1, -0.05) is 31.2 Å². The molecule has 1 unspecified atom stereocenters. The summed E-state index contributed by atoms with van der Waals surface area (Å²) < 4.78 is 6.69. The summed E-state index contributed by atoms with van der Waals surface area (Å²) in [5.41, 5.74) is 0.0152. The van der Waals surface area contributed by atoms with Crippen LogP contribution in [0.2, 0.25) is 30.7 Å². The third-order valence-corrected chi connectivity index (χ3v) is 4.94. The van der Waals surface area contributed by atoms with Gasteiger partial charge in [-0.05, 0) is 13.0 Å². The molecule has 0 aliphatic rings. The van der Waals surface area contributed by atoms with E-state index in [1.807, 2.05) is 0 Å². The van der Waals surface area contributed by atoms with E-state index >= 15 is 0 Å².